The van der Waals surface area contributed by atoms with Gasteiger partial charge < -0.3 is 15.2 Å². The van der Waals surface area contributed by atoms with Crippen molar-refractivity contribution in [3.8, 4) is 12.3 Å². The number of hydrogen-bond acceptors (Lipinski definition) is 4. The zero-order chi connectivity index (χ0) is 14.1. The molecule has 1 rings (SSSR count). The summed E-state index contributed by atoms with van der Waals surface area (Å²) in [6, 6.07) is 0. The number of carboxylic acids is 1. The average molecular weight is 268 g/mol. The molecular weight excluding hydrogens is 248 g/mol. The Kier molecular flexibility index (Phi) is 6.93. The third-order valence-corrected chi connectivity index (χ3v) is 2.96. The second kappa shape index (κ2) is 8.51. The van der Waals surface area contributed by atoms with Gasteiger partial charge in [0, 0.05) is 13.1 Å². The Balaban J connectivity index is 2.13. The van der Waals surface area contributed by atoms with Gasteiger partial charge in [0.2, 0.25) is 5.91 Å². The Hall–Kier alpha value is -1.58. The van der Waals surface area contributed by atoms with Crippen molar-refractivity contribution in [3.05, 3.63) is 0 Å². The van der Waals surface area contributed by atoms with Crippen LogP contribution in [0, 0.1) is 12.3 Å². The van der Waals surface area contributed by atoms with Crippen LogP contribution in [0.15, 0.2) is 0 Å². The molecule has 0 aliphatic carbocycles. The Bertz CT molecular complexity index is 343. The van der Waals surface area contributed by atoms with Gasteiger partial charge in [-0.1, -0.05) is 5.92 Å². The molecule has 6 nitrogen and oxygen atoms in total. The molecule has 1 fully saturated rings. The minimum atomic E-state index is -0.845. The number of nitrogens with one attached hydrogen (secondary N) is 1. The highest BCUT2D eigenvalue weighted by atomic mass is 16.5. The first-order valence-electron chi connectivity index (χ1n) is 6.37. The van der Waals surface area contributed by atoms with Crippen molar-refractivity contribution >= 4 is 11.9 Å². The summed E-state index contributed by atoms with van der Waals surface area (Å²) in [6.45, 7) is 2.42. The van der Waals surface area contributed by atoms with Crippen LogP contribution in [0.25, 0.3) is 0 Å². The molecule has 0 atom stereocenters. The molecule has 1 aliphatic heterocycles. The minimum Gasteiger partial charge on any atom is -0.481 e. The highest BCUT2D eigenvalue weighted by Gasteiger charge is 2.21. The van der Waals surface area contributed by atoms with Crippen LogP contribution in [0.2, 0.25) is 0 Å². The number of aliphatic carboxylic acids is 1. The Labute approximate surface area is 113 Å². The quantitative estimate of drug-likeness (QED) is 0.619. The van der Waals surface area contributed by atoms with Crippen LogP contribution in [-0.2, 0) is 14.3 Å². The molecule has 0 unspecified atom stereocenters. The van der Waals surface area contributed by atoms with Gasteiger partial charge in [-0.25, -0.2) is 0 Å². The van der Waals surface area contributed by atoms with Gasteiger partial charge in [0.05, 0.1) is 32.2 Å². The van der Waals surface area contributed by atoms with E-state index in [1.165, 1.54) is 0 Å². The van der Waals surface area contributed by atoms with E-state index in [2.05, 4.69) is 11.2 Å². The Morgan fingerprint density at radius 1 is 1.42 bits per heavy atom. The lowest BCUT2D eigenvalue weighted by Crippen LogP contribution is -2.43. The first-order chi connectivity index (χ1) is 9.11. The summed E-state index contributed by atoms with van der Waals surface area (Å²) in [5.74, 6) is 1.45. The number of hydrogen-bond donors (Lipinski definition) is 2. The van der Waals surface area contributed by atoms with Crippen molar-refractivity contribution in [1.29, 1.82) is 0 Å². The SMILES string of the molecule is C#CCNC(=O)CN1CCC(OCCC(=O)O)CC1. The summed E-state index contributed by atoms with van der Waals surface area (Å²) in [5.41, 5.74) is 0. The maximum absolute atomic E-state index is 11.5. The molecule has 0 aromatic carbocycles. The largest absolute Gasteiger partial charge is 0.481 e. The number of carbonyl (C=O) groups is 2. The maximum Gasteiger partial charge on any atom is 0.305 e. The molecule has 1 aliphatic rings. The van der Waals surface area contributed by atoms with Crippen molar-refractivity contribution < 1.29 is 19.4 Å². The van der Waals surface area contributed by atoms with Crippen LogP contribution in [0.5, 0.6) is 0 Å². The van der Waals surface area contributed by atoms with E-state index in [0.29, 0.717) is 6.54 Å². The molecule has 2 N–H and O–H groups in total. The fourth-order valence-corrected chi connectivity index (χ4v) is 1.96. The lowest BCUT2D eigenvalue weighted by atomic mass is 10.1. The molecule has 1 amide bonds. The Morgan fingerprint density at radius 2 is 2.11 bits per heavy atom. The summed E-state index contributed by atoms with van der Waals surface area (Å²) in [5, 5.41) is 11.1. The van der Waals surface area contributed by atoms with Crippen LogP contribution < -0.4 is 5.32 Å². The summed E-state index contributed by atoms with van der Waals surface area (Å²) >= 11 is 0. The molecule has 1 saturated heterocycles. The highest BCUT2D eigenvalue weighted by Crippen LogP contribution is 2.13. The van der Waals surface area contributed by atoms with Crippen LogP contribution in [-0.4, -0.2) is 60.8 Å². The third-order valence-electron chi connectivity index (χ3n) is 2.96. The predicted octanol–water partition coefficient (Wildman–Crippen LogP) is -0.308. The third kappa shape index (κ3) is 6.79. The molecule has 0 bridgehead atoms. The lowest BCUT2D eigenvalue weighted by Gasteiger charge is -2.31. The van der Waals surface area contributed by atoms with E-state index in [-0.39, 0.29) is 31.6 Å². The van der Waals surface area contributed by atoms with E-state index in [1.54, 1.807) is 0 Å². The fourth-order valence-electron chi connectivity index (χ4n) is 1.96. The van der Waals surface area contributed by atoms with Gasteiger partial charge in [-0.3, -0.25) is 14.5 Å². The number of ether oxygens (including phenoxy) is 1. The van der Waals surface area contributed by atoms with Gasteiger partial charge in [-0.15, -0.1) is 6.42 Å². The molecule has 0 saturated carbocycles. The summed E-state index contributed by atoms with van der Waals surface area (Å²) in [7, 11) is 0. The summed E-state index contributed by atoms with van der Waals surface area (Å²) in [4.78, 5) is 23.9. The molecular formula is C13H20N2O4. The van der Waals surface area contributed by atoms with Gasteiger partial charge >= 0.3 is 5.97 Å². The molecule has 0 aromatic heterocycles. The zero-order valence-electron chi connectivity index (χ0n) is 10.9. The van der Waals surface area contributed by atoms with Crippen molar-refractivity contribution in [1.82, 2.24) is 10.2 Å². The highest BCUT2D eigenvalue weighted by molar-refractivity contribution is 5.78. The second-order valence-electron chi connectivity index (χ2n) is 4.47. The van der Waals surface area contributed by atoms with Gasteiger partial charge in [0.15, 0.2) is 0 Å². The number of terminal acetylenes is 1. The number of rotatable bonds is 7. The molecule has 6 heteroatoms. The van der Waals surface area contributed by atoms with E-state index < -0.39 is 5.97 Å². The number of amides is 1. The summed E-state index contributed by atoms with van der Waals surface area (Å²) < 4.78 is 5.48. The van der Waals surface area contributed by atoms with Crippen LogP contribution >= 0.6 is 0 Å². The maximum atomic E-state index is 11.5. The van der Waals surface area contributed by atoms with Gasteiger partial charge in [-0.05, 0) is 12.8 Å². The zero-order valence-corrected chi connectivity index (χ0v) is 10.9. The van der Waals surface area contributed by atoms with E-state index in [1.807, 2.05) is 4.90 Å². The monoisotopic (exact) mass is 268 g/mol. The molecule has 19 heavy (non-hydrogen) atoms. The van der Waals surface area contributed by atoms with Gasteiger partial charge in [0.1, 0.15) is 0 Å². The van der Waals surface area contributed by atoms with Crippen LogP contribution in [0.4, 0.5) is 0 Å². The first-order valence-corrected chi connectivity index (χ1v) is 6.37. The van der Waals surface area contributed by atoms with E-state index in [4.69, 9.17) is 16.3 Å². The number of likely N-dealkylation sites (tertiary alicyclic amines) is 1. The standard InChI is InChI=1S/C13H20N2O4/c1-2-6-14-12(16)10-15-7-3-11(4-8-15)19-9-5-13(17)18/h1,11H,3-10H2,(H,14,16)(H,17,18). The number of carboxylic acid groups (broad SMARTS) is 1. The van der Waals surface area contributed by atoms with E-state index in [9.17, 15) is 9.59 Å². The molecule has 0 radical (unpaired) electrons. The summed E-state index contributed by atoms with van der Waals surface area (Å²) in [6.07, 6.45) is 6.84. The van der Waals surface area contributed by atoms with Crippen molar-refractivity contribution in [2.45, 2.75) is 25.4 Å². The minimum absolute atomic E-state index is 0.0364. The van der Waals surface area contributed by atoms with Gasteiger partial charge in [0.25, 0.3) is 0 Å². The van der Waals surface area contributed by atoms with E-state index in [0.717, 1.165) is 25.9 Å². The number of nitrogens with zero attached hydrogens (tertiary/aromatic N) is 1. The molecule has 1 heterocycles. The topological polar surface area (TPSA) is 78.9 Å². The average Bonchev–Trinajstić information content (AvgIpc) is 2.38. The Morgan fingerprint density at radius 3 is 2.68 bits per heavy atom. The molecule has 0 aromatic rings. The number of carbonyl (C=O) groups excluding carboxylic acids is 1. The smallest absolute Gasteiger partial charge is 0.305 e. The number of piperidine rings is 1. The van der Waals surface area contributed by atoms with Crippen molar-refractivity contribution in [2.24, 2.45) is 0 Å². The van der Waals surface area contributed by atoms with Gasteiger partial charge in [-0.2, -0.15) is 0 Å². The van der Waals surface area contributed by atoms with Crippen LogP contribution in [0.1, 0.15) is 19.3 Å². The lowest BCUT2D eigenvalue weighted by molar-refractivity contribution is -0.139. The van der Waals surface area contributed by atoms with Crippen molar-refractivity contribution in [2.75, 3.05) is 32.8 Å². The molecule has 106 valence electrons. The first kappa shape index (κ1) is 15.5. The fraction of sp³-hybridized carbons (Fsp3) is 0.692. The predicted molar refractivity (Wildman–Crippen MR) is 69.5 cm³/mol. The normalized spacial score (nSPS) is 16.8. The van der Waals surface area contributed by atoms with Crippen LogP contribution in [0.3, 0.4) is 0 Å². The van der Waals surface area contributed by atoms with Crippen molar-refractivity contribution in [3.63, 3.8) is 0 Å². The van der Waals surface area contributed by atoms with E-state index >= 15 is 0 Å². The second-order valence-corrected chi connectivity index (χ2v) is 4.47. The molecule has 0 spiro atoms.